The summed E-state index contributed by atoms with van der Waals surface area (Å²) in [6, 6.07) is 18.8. The van der Waals surface area contributed by atoms with Crippen LogP contribution in [-0.4, -0.2) is 57.8 Å². The monoisotopic (exact) mass is 452 g/mol. The average Bonchev–Trinajstić information content (AvgIpc) is 2.88. The van der Waals surface area contributed by atoms with Crippen molar-refractivity contribution in [3.8, 4) is 11.3 Å². The summed E-state index contributed by atoms with van der Waals surface area (Å²) < 4.78 is 0. The van der Waals surface area contributed by atoms with Crippen LogP contribution in [0.5, 0.6) is 0 Å². The Morgan fingerprint density at radius 3 is 2.29 bits per heavy atom. The molecule has 1 aliphatic heterocycles. The second-order valence-corrected chi connectivity index (χ2v) is 8.16. The number of piperazine rings is 1. The van der Waals surface area contributed by atoms with Gasteiger partial charge in [-0.3, -0.25) is 9.59 Å². The average molecular weight is 453 g/mol. The summed E-state index contributed by atoms with van der Waals surface area (Å²) in [5.41, 5.74) is 3.71. The number of fused-ring (bicyclic) bond motifs is 1. The highest BCUT2D eigenvalue weighted by Crippen LogP contribution is 2.27. The normalized spacial score (nSPS) is 13.7. The lowest BCUT2D eigenvalue weighted by atomic mass is 10.0. The zero-order chi connectivity index (χ0) is 23.5. The van der Waals surface area contributed by atoms with Crippen molar-refractivity contribution < 1.29 is 9.59 Å². The van der Waals surface area contributed by atoms with Crippen LogP contribution >= 0.6 is 0 Å². The summed E-state index contributed by atoms with van der Waals surface area (Å²) >= 11 is 0. The molecule has 1 saturated heterocycles. The molecule has 4 aromatic rings. The molecule has 2 aromatic carbocycles. The zero-order valence-corrected chi connectivity index (χ0v) is 18.8. The first-order valence-corrected chi connectivity index (χ1v) is 11.2. The molecule has 34 heavy (non-hydrogen) atoms. The fourth-order valence-electron chi connectivity index (χ4n) is 4.16. The summed E-state index contributed by atoms with van der Waals surface area (Å²) in [6.07, 6.45) is 3.46. The molecule has 170 valence electrons. The Morgan fingerprint density at radius 1 is 0.882 bits per heavy atom. The van der Waals surface area contributed by atoms with Gasteiger partial charge in [-0.25, -0.2) is 15.0 Å². The van der Waals surface area contributed by atoms with Crippen molar-refractivity contribution in [2.45, 2.75) is 6.92 Å². The molecular weight excluding hydrogens is 428 g/mol. The summed E-state index contributed by atoms with van der Waals surface area (Å²) in [5.74, 6) is 0.556. The SMILES string of the molecule is CC(=O)Nc1ccc(-c2cc(C(=O)N3CCN(c4ncccn4)CC3)c3ccccc3n2)cc1. The molecule has 3 heterocycles. The van der Waals surface area contributed by atoms with Crippen LogP contribution in [0.25, 0.3) is 22.2 Å². The van der Waals surface area contributed by atoms with Gasteiger partial charge in [0.05, 0.1) is 16.8 Å². The lowest BCUT2D eigenvalue weighted by molar-refractivity contribution is -0.114. The first-order valence-electron chi connectivity index (χ1n) is 11.2. The zero-order valence-electron chi connectivity index (χ0n) is 18.8. The van der Waals surface area contributed by atoms with Gasteiger partial charge in [0.25, 0.3) is 5.91 Å². The first kappa shape index (κ1) is 21.5. The molecule has 2 aromatic heterocycles. The number of nitrogens with one attached hydrogen (secondary N) is 1. The molecule has 0 bridgehead atoms. The van der Waals surface area contributed by atoms with Crippen molar-refractivity contribution in [2.75, 3.05) is 36.4 Å². The molecule has 2 amide bonds. The van der Waals surface area contributed by atoms with Crippen LogP contribution in [0.1, 0.15) is 17.3 Å². The second-order valence-electron chi connectivity index (χ2n) is 8.16. The molecule has 0 unspecified atom stereocenters. The van der Waals surface area contributed by atoms with Gasteiger partial charge in [0.1, 0.15) is 0 Å². The van der Waals surface area contributed by atoms with E-state index in [2.05, 4.69) is 20.2 Å². The third kappa shape index (κ3) is 4.43. The van der Waals surface area contributed by atoms with Crippen molar-refractivity contribution >= 4 is 34.4 Å². The maximum absolute atomic E-state index is 13.6. The van der Waals surface area contributed by atoms with Crippen molar-refractivity contribution in [3.05, 3.63) is 78.6 Å². The summed E-state index contributed by atoms with van der Waals surface area (Å²) in [5, 5.41) is 3.60. The number of benzene rings is 2. The van der Waals surface area contributed by atoms with Crippen molar-refractivity contribution in [2.24, 2.45) is 0 Å². The Balaban J connectivity index is 1.42. The summed E-state index contributed by atoms with van der Waals surface area (Å²) in [7, 11) is 0. The van der Waals surface area contributed by atoms with Gasteiger partial charge in [-0.15, -0.1) is 0 Å². The minimum Gasteiger partial charge on any atom is -0.337 e. The highest BCUT2D eigenvalue weighted by atomic mass is 16.2. The molecule has 0 aliphatic carbocycles. The van der Waals surface area contributed by atoms with Crippen molar-refractivity contribution in [1.82, 2.24) is 19.9 Å². The molecular formula is C26H24N6O2. The minimum atomic E-state index is -0.122. The largest absolute Gasteiger partial charge is 0.337 e. The molecule has 0 saturated carbocycles. The number of rotatable bonds is 4. The van der Waals surface area contributed by atoms with Crippen molar-refractivity contribution in [1.29, 1.82) is 0 Å². The number of para-hydroxylation sites is 1. The molecule has 0 radical (unpaired) electrons. The Hall–Kier alpha value is -4.33. The summed E-state index contributed by atoms with van der Waals surface area (Å²) in [6.45, 7) is 4.01. The number of nitrogens with zero attached hydrogens (tertiary/aromatic N) is 5. The molecule has 1 aliphatic rings. The predicted molar refractivity (Wildman–Crippen MR) is 132 cm³/mol. The number of hydrogen-bond donors (Lipinski definition) is 1. The number of anilines is 2. The Bertz CT molecular complexity index is 1330. The number of carbonyl (C=O) groups excluding carboxylic acids is 2. The number of aromatic nitrogens is 3. The van der Waals surface area contributed by atoms with Gasteiger partial charge < -0.3 is 15.1 Å². The Labute approximate surface area is 197 Å². The minimum absolute atomic E-state index is 0.0108. The fourth-order valence-corrected chi connectivity index (χ4v) is 4.16. The van der Waals surface area contributed by atoms with E-state index in [-0.39, 0.29) is 11.8 Å². The number of carbonyl (C=O) groups is 2. The molecule has 8 nitrogen and oxygen atoms in total. The van der Waals surface area contributed by atoms with E-state index in [4.69, 9.17) is 4.98 Å². The quantitative estimate of drug-likeness (QED) is 0.509. The van der Waals surface area contributed by atoms with E-state index in [1.54, 1.807) is 18.5 Å². The van der Waals surface area contributed by atoms with Crippen LogP contribution in [0.3, 0.4) is 0 Å². The third-order valence-corrected chi connectivity index (χ3v) is 5.85. The van der Waals surface area contributed by atoms with E-state index in [0.29, 0.717) is 49.1 Å². The van der Waals surface area contributed by atoms with Crippen molar-refractivity contribution in [3.63, 3.8) is 0 Å². The standard InChI is InChI=1S/C26H24N6O2/c1-18(33)29-20-9-7-19(8-10-20)24-17-22(21-5-2-3-6-23(21)30-24)25(34)31-13-15-32(16-14-31)26-27-11-4-12-28-26/h2-12,17H,13-16H2,1H3,(H,29,33). The molecule has 1 N–H and O–H groups in total. The van der Waals surface area contributed by atoms with Crippen LogP contribution in [0.4, 0.5) is 11.6 Å². The van der Waals surface area contributed by atoms with Gasteiger partial charge in [-0.2, -0.15) is 0 Å². The third-order valence-electron chi connectivity index (χ3n) is 5.85. The molecule has 5 rings (SSSR count). The number of pyridine rings is 1. The summed E-state index contributed by atoms with van der Waals surface area (Å²) in [4.78, 5) is 42.3. The predicted octanol–water partition coefficient (Wildman–Crippen LogP) is 3.61. The number of hydrogen-bond acceptors (Lipinski definition) is 6. The van der Waals surface area contributed by atoms with Gasteiger partial charge in [0.15, 0.2) is 0 Å². The maximum Gasteiger partial charge on any atom is 0.254 e. The topological polar surface area (TPSA) is 91.3 Å². The Morgan fingerprint density at radius 2 is 1.59 bits per heavy atom. The van der Waals surface area contributed by atoms with Gasteiger partial charge in [0, 0.05) is 62.1 Å². The van der Waals surface area contributed by atoms with E-state index >= 15 is 0 Å². The molecule has 0 atom stereocenters. The lowest BCUT2D eigenvalue weighted by Crippen LogP contribution is -2.49. The van der Waals surface area contributed by atoms with Gasteiger partial charge in [-0.1, -0.05) is 30.3 Å². The van der Waals surface area contributed by atoms with E-state index < -0.39 is 0 Å². The Kier molecular flexibility index (Phi) is 5.86. The first-order chi connectivity index (χ1) is 16.6. The van der Waals surface area contributed by atoms with Crippen LogP contribution in [0.15, 0.2) is 73.1 Å². The smallest absolute Gasteiger partial charge is 0.254 e. The highest BCUT2D eigenvalue weighted by molar-refractivity contribution is 6.07. The van der Waals surface area contributed by atoms with Gasteiger partial charge in [-0.05, 0) is 30.3 Å². The van der Waals surface area contributed by atoms with E-state index in [1.165, 1.54) is 6.92 Å². The van der Waals surface area contributed by atoms with E-state index in [0.717, 1.165) is 16.5 Å². The van der Waals surface area contributed by atoms with Gasteiger partial charge in [0.2, 0.25) is 11.9 Å². The van der Waals surface area contributed by atoms with Crippen LogP contribution in [-0.2, 0) is 4.79 Å². The lowest BCUT2D eigenvalue weighted by Gasteiger charge is -2.34. The van der Waals surface area contributed by atoms with Crippen LogP contribution < -0.4 is 10.2 Å². The molecule has 0 spiro atoms. The van der Waals surface area contributed by atoms with Crippen LogP contribution in [0.2, 0.25) is 0 Å². The number of amides is 2. The van der Waals surface area contributed by atoms with Gasteiger partial charge >= 0.3 is 0 Å². The second kappa shape index (κ2) is 9.27. The van der Waals surface area contributed by atoms with Crippen LogP contribution in [0, 0.1) is 0 Å². The molecule has 8 heteroatoms. The van der Waals surface area contributed by atoms with E-state index in [9.17, 15) is 9.59 Å². The molecule has 1 fully saturated rings. The maximum atomic E-state index is 13.6. The van der Waals surface area contributed by atoms with E-state index in [1.807, 2.05) is 59.5 Å². The highest BCUT2D eigenvalue weighted by Gasteiger charge is 2.25. The fraction of sp³-hybridized carbons (Fsp3) is 0.192.